The third kappa shape index (κ3) is 4.88. The number of carbonyl (C=O) groups is 1. The minimum absolute atomic E-state index is 0.122. The van der Waals surface area contributed by atoms with Crippen molar-refractivity contribution in [2.24, 2.45) is 4.99 Å². The predicted molar refractivity (Wildman–Crippen MR) is 117 cm³/mol. The minimum atomic E-state index is -0.280. The maximum Gasteiger partial charge on any atom is 0.286 e. The van der Waals surface area contributed by atoms with Crippen molar-refractivity contribution < 1.29 is 14.3 Å². The zero-order chi connectivity index (χ0) is 20.4. The Morgan fingerprint density at radius 1 is 1.14 bits per heavy atom. The average Bonchev–Trinajstić information content (AvgIpc) is 3.07. The van der Waals surface area contributed by atoms with Gasteiger partial charge in [-0.2, -0.15) is 4.99 Å². The first-order valence-electron chi connectivity index (χ1n) is 9.21. The number of halogens is 2. The van der Waals surface area contributed by atoms with Gasteiger partial charge in [-0.1, -0.05) is 28.1 Å². The number of phenols is 1. The largest absolute Gasteiger partial charge is 0.507 e. The molecule has 5 nitrogen and oxygen atoms in total. The fourth-order valence-electron chi connectivity index (χ4n) is 3.26. The SMILES string of the molecule is O=C1N=C(N2CCN(Cc3ccc(F)cc3)CC2)S/C1=C/c1cc(Br)ccc1O. The van der Waals surface area contributed by atoms with Crippen LogP contribution in [0.5, 0.6) is 5.75 Å². The molecule has 0 radical (unpaired) electrons. The molecule has 2 aromatic carbocycles. The Balaban J connectivity index is 1.36. The van der Waals surface area contributed by atoms with E-state index in [-0.39, 0.29) is 17.5 Å². The highest BCUT2D eigenvalue weighted by Crippen LogP contribution is 2.33. The fraction of sp³-hybridized carbons (Fsp3) is 0.238. The summed E-state index contributed by atoms with van der Waals surface area (Å²) in [6.45, 7) is 4.01. The second-order valence-electron chi connectivity index (χ2n) is 6.90. The molecular formula is C21H19BrFN3O2S. The van der Waals surface area contributed by atoms with Gasteiger partial charge in [0.15, 0.2) is 5.17 Å². The van der Waals surface area contributed by atoms with E-state index in [1.54, 1.807) is 24.3 Å². The van der Waals surface area contributed by atoms with Gasteiger partial charge in [-0.05, 0) is 53.7 Å². The number of hydrogen-bond donors (Lipinski definition) is 1. The molecule has 2 aromatic rings. The van der Waals surface area contributed by atoms with Crippen molar-refractivity contribution in [3.05, 3.63) is 68.8 Å². The monoisotopic (exact) mass is 475 g/mol. The van der Waals surface area contributed by atoms with E-state index in [4.69, 9.17) is 0 Å². The van der Waals surface area contributed by atoms with E-state index in [1.807, 2.05) is 12.1 Å². The Labute approximate surface area is 181 Å². The average molecular weight is 476 g/mol. The molecule has 1 fully saturated rings. The number of carbonyl (C=O) groups excluding carboxylic acids is 1. The van der Waals surface area contributed by atoms with Crippen LogP contribution >= 0.6 is 27.7 Å². The van der Waals surface area contributed by atoms with Crippen molar-refractivity contribution in [1.29, 1.82) is 0 Å². The third-order valence-corrected chi connectivity index (χ3v) is 6.39. The van der Waals surface area contributed by atoms with E-state index >= 15 is 0 Å². The lowest BCUT2D eigenvalue weighted by molar-refractivity contribution is -0.113. The molecule has 2 aliphatic rings. The Hall–Kier alpha value is -2.16. The summed E-state index contributed by atoms with van der Waals surface area (Å²) < 4.78 is 13.9. The molecule has 0 aromatic heterocycles. The number of nitrogens with zero attached hydrogens (tertiary/aromatic N) is 3. The first-order chi connectivity index (χ1) is 14.0. The second kappa shape index (κ2) is 8.69. The molecule has 0 bridgehead atoms. The predicted octanol–water partition coefficient (Wildman–Crippen LogP) is 4.08. The molecule has 0 aliphatic carbocycles. The van der Waals surface area contributed by atoms with Crippen LogP contribution in [0.2, 0.25) is 0 Å². The van der Waals surface area contributed by atoms with Crippen LogP contribution in [0.1, 0.15) is 11.1 Å². The first kappa shape index (κ1) is 20.1. The molecular weight excluding hydrogens is 457 g/mol. The van der Waals surface area contributed by atoms with Gasteiger partial charge in [-0.25, -0.2) is 4.39 Å². The Kier molecular flexibility index (Phi) is 6.03. The number of rotatable bonds is 3. The standard InChI is InChI=1S/C21H19BrFN3O2S/c22-16-3-6-18(27)15(11-16)12-19-20(28)24-21(29-19)26-9-7-25(8-10-26)13-14-1-4-17(23)5-2-14/h1-6,11-12,27H,7-10,13H2/b19-12+. The van der Waals surface area contributed by atoms with Gasteiger partial charge in [-0.3, -0.25) is 9.69 Å². The summed E-state index contributed by atoms with van der Waals surface area (Å²) in [5.74, 6) is -0.380. The van der Waals surface area contributed by atoms with Gasteiger partial charge in [0.25, 0.3) is 5.91 Å². The highest BCUT2D eigenvalue weighted by Gasteiger charge is 2.28. The summed E-state index contributed by atoms with van der Waals surface area (Å²) in [6.07, 6.45) is 1.67. The quantitative estimate of drug-likeness (QED) is 0.677. The van der Waals surface area contributed by atoms with E-state index in [0.29, 0.717) is 15.6 Å². The summed E-state index contributed by atoms with van der Waals surface area (Å²) in [5.41, 5.74) is 1.66. The molecule has 8 heteroatoms. The lowest BCUT2D eigenvalue weighted by Gasteiger charge is -2.35. The smallest absolute Gasteiger partial charge is 0.286 e. The number of piperazine rings is 1. The number of aromatic hydroxyl groups is 1. The van der Waals surface area contributed by atoms with Crippen LogP contribution in [-0.4, -0.2) is 52.2 Å². The summed E-state index contributed by atoms with van der Waals surface area (Å²) in [7, 11) is 0. The van der Waals surface area contributed by atoms with Gasteiger partial charge < -0.3 is 10.0 Å². The van der Waals surface area contributed by atoms with E-state index in [9.17, 15) is 14.3 Å². The van der Waals surface area contributed by atoms with Crippen LogP contribution < -0.4 is 0 Å². The molecule has 0 saturated carbocycles. The normalized spacial score (nSPS) is 19.1. The van der Waals surface area contributed by atoms with Crippen LogP contribution in [0.25, 0.3) is 6.08 Å². The molecule has 1 saturated heterocycles. The maximum absolute atomic E-state index is 13.0. The van der Waals surface area contributed by atoms with Crippen LogP contribution in [0.15, 0.2) is 56.8 Å². The second-order valence-corrected chi connectivity index (χ2v) is 8.83. The molecule has 1 amide bonds. The molecule has 29 heavy (non-hydrogen) atoms. The van der Waals surface area contributed by atoms with Crippen molar-refractivity contribution >= 4 is 44.8 Å². The number of amides is 1. The number of aliphatic imine (C=N–C) groups is 1. The molecule has 2 heterocycles. The first-order valence-corrected chi connectivity index (χ1v) is 10.8. The minimum Gasteiger partial charge on any atom is -0.507 e. The van der Waals surface area contributed by atoms with Gasteiger partial charge in [-0.15, -0.1) is 0 Å². The van der Waals surface area contributed by atoms with Crippen LogP contribution in [0.3, 0.4) is 0 Å². The van der Waals surface area contributed by atoms with Crippen molar-refractivity contribution in [2.45, 2.75) is 6.54 Å². The molecule has 1 N–H and O–H groups in total. The van der Waals surface area contributed by atoms with Crippen molar-refractivity contribution in [3.63, 3.8) is 0 Å². The number of hydrogen-bond acceptors (Lipinski definition) is 5. The molecule has 0 unspecified atom stereocenters. The van der Waals surface area contributed by atoms with Gasteiger partial charge in [0.1, 0.15) is 11.6 Å². The molecule has 0 atom stereocenters. The number of thioether (sulfide) groups is 1. The van der Waals surface area contributed by atoms with Crippen LogP contribution in [0.4, 0.5) is 4.39 Å². The zero-order valence-electron chi connectivity index (χ0n) is 15.5. The van der Waals surface area contributed by atoms with Crippen molar-refractivity contribution in [2.75, 3.05) is 26.2 Å². The van der Waals surface area contributed by atoms with E-state index < -0.39 is 0 Å². The zero-order valence-corrected chi connectivity index (χ0v) is 17.9. The van der Waals surface area contributed by atoms with E-state index in [2.05, 4.69) is 30.7 Å². The lowest BCUT2D eigenvalue weighted by atomic mass is 10.2. The molecule has 0 spiro atoms. The lowest BCUT2D eigenvalue weighted by Crippen LogP contribution is -2.47. The molecule has 4 rings (SSSR count). The summed E-state index contributed by atoms with van der Waals surface area (Å²) >= 11 is 4.72. The van der Waals surface area contributed by atoms with E-state index in [0.717, 1.165) is 42.8 Å². The van der Waals surface area contributed by atoms with Crippen LogP contribution in [0, 0.1) is 5.82 Å². The fourth-order valence-corrected chi connectivity index (χ4v) is 4.60. The van der Waals surface area contributed by atoms with Crippen molar-refractivity contribution in [3.8, 4) is 5.75 Å². The Morgan fingerprint density at radius 3 is 2.59 bits per heavy atom. The summed E-state index contributed by atoms with van der Waals surface area (Å²) in [5, 5.41) is 10.7. The number of phenolic OH excluding ortho intramolecular Hbond substituents is 1. The van der Waals surface area contributed by atoms with Crippen molar-refractivity contribution in [1.82, 2.24) is 9.80 Å². The topological polar surface area (TPSA) is 56.1 Å². The van der Waals surface area contributed by atoms with Gasteiger partial charge in [0, 0.05) is 42.8 Å². The molecule has 150 valence electrons. The maximum atomic E-state index is 13.0. The summed E-state index contributed by atoms with van der Waals surface area (Å²) in [4.78, 5) is 21.5. The third-order valence-electron chi connectivity index (χ3n) is 4.85. The van der Waals surface area contributed by atoms with E-state index in [1.165, 1.54) is 23.9 Å². The number of benzene rings is 2. The number of amidine groups is 1. The van der Waals surface area contributed by atoms with Crippen LogP contribution in [-0.2, 0) is 11.3 Å². The highest BCUT2D eigenvalue weighted by atomic mass is 79.9. The Morgan fingerprint density at radius 2 is 1.86 bits per heavy atom. The van der Waals surface area contributed by atoms with Gasteiger partial charge in [0.2, 0.25) is 0 Å². The van der Waals surface area contributed by atoms with Gasteiger partial charge >= 0.3 is 0 Å². The summed E-state index contributed by atoms with van der Waals surface area (Å²) in [6, 6.07) is 11.7. The Bertz CT molecular complexity index is 986. The highest BCUT2D eigenvalue weighted by molar-refractivity contribution is 9.10. The van der Waals surface area contributed by atoms with Gasteiger partial charge in [0.05, 0.1) is 4.91 Å². The molecule has 2 aliphatic heterocycles.